The van der Waals surface area contributed by atoms with Crippen molar-refractivity contribution in [3.05, 3.63) is 85.5 Å². The first-order valence-electron chi connectivity index (χ1n) is 11.1. The second-order valence-electron chi connectivity index (χ2n) is 8.08. The molecule has 2 aromatic carbocycles. The van der Waals surface area contributed by atoms with Gasteiger partial charge in [0.05, 0.1) is 6.54 Å². The predicted molar refractivity (Wildman–Crippen MR) is 135 cm³/mol. The molecule has 3 N–H and O–H groups in total. The standard InChI is InChI=1S/C25H29ClN4O4/c1-4-5-13-29-22(27)21(23(31)28-25(29)33)30(15-18-9-7-6-8-10-18)24(32)17(3)34-20-12-11-19(26)14-16(20)2/h6-12,14,17H,4-5,13,15,27H2,1-3H3,(H,28,31,33). The molecule has 34 heavy (non-hydrogen) atoms. The molecule has 9 heteroatoms. The number of benzene rings is 2. The van der Waals surface area contributed by atoms with Gasteiger partial charge in [0.1, 0.15) is 11.6 Å². The highest BCUT2D eigenvalue weighted by molar-refractivity contribution is 6.30. The summed E-state index contributed by atoms with van der Waals surface area (Å²) >= 11 is 6.02. The summed E-state index contributed by atoms with van der Waals surface area (Å²) in [4.78, 5) is 42.5. The molecule has 180 valence electrons. The average Bonchev–Trinajstić information content (AvgIpc) is 2.80. The Labute approximate surface area is 202 Å². The number of ether oxygens (including phenoxy) is 1. The molecule has 0 fully saturated rings. The first-order chi connectivity index (χ1) is 16.2. The Morgan fingerprint density at radius 2 is 1.91 bits per heavy atom. The number of carbonyl (C=O) groups is 1. The number of aryl methyl sites for hydroxylation is 1. The van der Waals surface area contributed by atoms with Crippen LogP contribution in [-0.2, 0) is 17.9 Å². The molecule has 1 heterocycles. The van der Waals surface area contributed by atoms with E-state index < -0.39 is 23.3 Å². The van der Waals surface area contributed by atoms with Gasteiger partial charge in [-0.2, -0.15) is 0 Å². The second-order valence-corrected chi connectivity index (χ2v) is 8.51. The van der Waals surface area contributed by atoms with Crippen LogP contribution in [0.1, 0.15) is 37.8 Å². The van der Waals surface area contributed by atoms with Crippen molar-refractivity contribution in [2.24, 2.45) is 0 Å². The lowest BCUT2D eigenvalue weighted by Crippen LogP contribution is -2.45. The lowest BCUT2D eigenvalue weighted by atomic mass is 10.2. The monoisotopic (exact) mass is 484 g/mol. The summed E-state index contributed by atoms with van der Waals surface area (Å²) in [6, 6.07) is 14.3. The van der Waals surface area contributed by atoms with E-state index in [1.165, 1.54) is 9.47 Å². The van der Waals surface area contributed by atoms with Gasteiger partial charge in [0, 0.05) is 11.6 Å². The zero-order valence-electron chi connectivity index (χ0n) is 19.5. The fraction of sp³-hybridized carbons (Fsp3) is 0.320. The van der Waals surface area contributed by atoms with Gasteiger partial charge in [-0.25, -0.2) is 4.79 Å². The summed E-state index contributed by atoms with van der Waals surface area (Å²) < 4.78 is 7.22. The van der Waals surface area contributed by atoms with E-state index in [1.807, 2.05) is 44.2 Å². The number of nitrogens with one attached hydrogen (secondary N) is 1. The highest BCUT2D eigenvalue weighted by Crippen LogP contribution is 2.25. The molecule has 0 saturated carbocycles. The van der Waals surface area contributed by atoms with Crippen LogP contribution in [0, 0.1) is 6.92 Å². The number of nitrogens with two attached hydrogens (primary N) is 1. The van der Waals surface area contributed by atoms with Crippen molar-refractivity contribution in [1.82, 2.24) is 9.55 Å². The summed E-state index contributed by atoms with van der Waals surface area (Å²) in [5, 5.41) is 0.558. The van der Waals surface area contributed by atoms with E-state index in [-0.39, 0.29) is 18.1 Å². The van der Waals surface area contributed by atoms with Gasteiger partial charge in [-0.05, 0) is 49.6 Å². The van der Waals surface area contributed by atoms with E-state index in [0.717, 1.165) is 17.5 Å². The van der Waals surface area contributed by atoms with Gasteiger partial charge in [-0.3, -0.25) is 24.0 Å². The molecule has 8 nitrogen and oxygen atoms in total. The lowest BCUT2D eigenvalue weighted by molar-refractivity contribution is -0.124. The first kappa shape index (κ1) is 25.1. The number of hydrogen-bond donors (Lipinski definition) is 2. The molecule has 0 saturated heterocycles. The van der Waals surface area contributed by atoms with E-state index >= 15 is 0 Å². The Bertz CT molecular complexity index is 1270. The fourth-order valence-corrected chi connectivity index (χ4v) is 3.84. The molecule has 0 spiro atoms. The van der Waals surface area contributed by atoms with Gasteiger partial charge in [0.2, 0.25) is 0 Å². The van der Waals surface area contributed by atoms with Gasteiger partial charge in [-0.15, -0.1) is 0 Å². The van der Waals surface area contributed by atoms with Crippen molar-refractivity contribution in [1.29, 1.82) is 0 Å². The van der Waals surface area contributed by atoms with E-state index in [4.69, 9.17) is 22.1 Å². The molecule has 1 aromatic heterocycles. The fourth-order valence-electron chi connectivity index (χ4n) is 3.61. The Balaban J connectivity index is 2.04. The molecule has 0 bridgehead atoms. The number of aromatic amines is 1. The summed E-state index contributed by atoms with van der Waals surface area (Å²) in [7, 11) is 0. The predicted octanol–water partition coefficient (Wildman–Crippen LogP) is 3.88. The van der Waals surface area contributed by atoms with Crippen LogP contribution in [0.4, 0.5) is 11.5 Å². The Hall–Kier alpha value is -3.52. The number of rotatable bonds is 9. The van der Waals surface area contributed by atoms with Crippen molar-refractivity contribution in [2.75, 3.05) is 10.6 Å². The number of hydrogen-bond acceptors (Lipinski definition) is 5. The van der Waals surface area contributed by atoms with Gasteiger partial charge in [-0.1, -0.05) is 55.3 Å². The zero-order chi connectivity index (χ0) is 24.8. The lowest BCUT2D eigenvalue weighted by Gasteiger charge is -2.27. The minimum atomic E-state index is -0.946. The van der Waals surface area contributed by atoms with Crippen LogP contribution < -0.4 is 26.6 Å². The van der Waals surface area contributed by atoms with Crippen molar-refractivity contribution in [2.45, 2.75) is 52.8 Å². The quantitative estimate of drug-likeness (QED) is 0.479. The molecule has 3 rings (SSSR count). The summed E-state index contributed by atoms with van der Waals surface area (Å²) in [6.45, 7) is 5.82. The van der Waals surface area contributed by atoms with Crippen LogP contribution in [0.2, 0.25) is 5.02 Å². The normalized spacial score (nSPS) is 11.8. The van der Waals surface area contributed by atoms with Crippen LogP contribution in [0.5, 0.6) is 5.75 Å². The third kappa shape index (κ3) is 5.69. The molecule has 0 aliphatic heterocycles. The highest BCUT2D eigenvalue weighted by atomic mass is 35.5. The maximum atomic E-state index is 13.6. The maximum absolute atomic E-state index is 13.6. The number of nitrogen functional groups attached to an aromatic ring is 1. The molecule has 0 aliphatic carbocycles. The molecule has 0 radical (unpaired) electrons. The number of carbonyl (C=O) groups excluding carboxylic acids is 1. The molecular formula is C25H29ClN4O4. The van der Waals surface area contributed by atoms with Crippen molar-refractivity contribution in [3.8, 4) is 5.75 Å². The van der Waals surface area contributed by atoms with Gasteiger partial charge in [0.15, 0.2) is 11.8 Å². The number of anilines is 2. The molecule has 1 amide bonds. The largest absolute Gasteiger partial charge is 0.481 e. The summed E-state index contributed by atoms with van der Waals surface area (Å²) in [6.07, 6.45) is 0.578. The number of H-pyrrole nitrogens is 1. The highest BCUT2D eigenvalue weighted by Gasteiger charge is 2.29. The third-order valence-corrected chi connectivity index (χ3v) is 5.69. The Morgan fingerprint density at radius 3 is 2.56 bits per heavy atom. The second kappa shape index (κ2) is 11.1. The summed E-state index contributed by atoms with van der Waals surface area (Å²) in [5.41, 5.74) is 6.46. The average molecular weight is 485 g/mol. The maximum Gasteiger partial charge on any atom is 0.330 e. The molecule has 3 aromatic rings. The third-order valence-electron chi connectivity index (χ3n) is 5.46. The van der Waals surface area contributed by atoms with Crippen LogP contribution in [0.15, 0.2) is 58.1 Å². The van der Waals surface area contributed by atoms with E-state index in [9.17, 15) is 14.4 Å². The Morgan fingerprint density at radius 1 is 1.21 bits per heavy atom. The minimum Gasteiger partial charge on any atom is -0.481 e. The molecule has 0 aliphatic rings. The van der Waals surface area contributed by atoms with Gasteiger partial charge < -0.3 is 10.5 Å². The van der Waals surface area contributed by atoms with E-state index in [0.29, 0.717) is 23.7 Å². The number of unbranched alkanes of at least 4 members (excludes halogenated alkanes) is 1. The SMILES string of the molecule is CCCCn1c(N)c(N(Cc2ccccc2)C(=O)C(C)Oc2ccc(Cl)cc2C)c(=O)[nH]c1=O. The van der Waals surface area contributed by atoms with E-state index in [2.05, 4.69) is 4.98 Å². The van der Waals surface area contributed by atoms with Crippen molar-refractivity contribution >= 4 is 29.0 Å². The smallest absolute Gasteiger partial charge is 0.330 e. The van der Waals surface area contributed by atoms with Crippen LogP contribution in [0.3, 0.4) is 0 Å². The Kier molecular flexibility index (Phi) is 8.17. The van der Waals surface area contributed by atoms with E-state index in [1.54, 1.807) is 25.1 Å². The molecule has 1 atom stereocenters. The number of amides is 1. The molecular weight excluding hydrogens is 456 g/mol. The van der Waals surface area contributed by atoms with Crippen molar-refractivity contribution < 1.29 is 9.53 Å². The number of halogens is 1. The number of nitrogens with zero attached hydrogens (tertiary/aromatic N) is 2. The van der Waals surface area contributed by atoms with Crippen LogP contribution in [0.25, 0.3) is 0 Å². The minimum absolute atomic E-state index is 0.0543. The first-order valence-corrected chi connectivity index (χ1v) is 11.5. The molecule has 1 unspecified atom stereocenters. The number of aromatic nitrogens is 2. The van der Waals surface area contributed by atoms with Crippen LogP contribution >= 0.6 is 11.6 Å². The van der Waals surface area contributed by atoms with Crippen LogP contribution in [-0.4, -0.2) is 21.6 Å². The zero-order valence-corrected chi connectivity index (χ0v) is 20.3. The van der Waals surface area contributed by atoms with Gasteiger partial charge in [0.25, 0.3) is 11.5 Å². The topological polar surface area (TPSA) is 110 Å². The van der Waals surface area contributed by atoms with Crippen molar-refractivity contribution in [3.63, 3.8) is 0 Å². The van der Waals surface area contributed by atoms with Gasteiger partial charge >= 0.3 is 5.69 Å². The summed E-state index contributed by atoms with van der Waals surface area (Å²) in [5.74, 6) is -0.0304.